The minimum absolute atomic E-state index is 0.0728. The smallest absolute Gasteiger partial charge is 0.312 e. The van der Waals surface area contributed by atoms with Crippen LogP contribution in [0.3, 0.4) is 0 Å². The van der Waals surface area contributed by atoms with E-state index in [2.05, 4.69) is 14.2 Å². The maximum atomic E-state index is 12.1. The summed E-state index contributed by atoms with van der Waals surface area (Å²) < 4.78 is 31.6. The number of hydrogen-bond donors (Lipinski definition) is 0. The zero-order chi connectivity index (χ0) is 17.0. The van der Waals surface area contributed by atoms with E-state index in [9.17, 15) is 18.3 Å². The van der Waals surface area contributed by atoms with Crippen LogP contribution in [0.15, 0.2) is 34.9 Å². The van der Waals surface area contributed by atoms with E-state index in [0.29, 0.717) is 10.9 Å². The summed E-state index contributed by atoms with van der Waals surface area (Å²) in [7, 11) is -2.53. The van der Waals surface area contributed by atoms with Crippen molar-refractivity contribution in [2.45, 2.75) is 13.0 Å². The van der Waals surface area contributed by atoms with Crippen LogP contribution in [0.25, 0.3) is 10.9 Å². The van der Waals surface area contributed by atoms with Crippen molar-refractivity contribution < 1.29 is 27.7 Å². The average molecular weight is 337 g/mol. The van der Waals surface area contributed by atoms with Crippen molar-refractivity contribution in [2.75, 3.05) is 13.4 Å². The first-order valence-electron chi connectivity index (χ1n) is 6.64. The van der Waals surface area contributed by atoms with Gasteiger partial charge in [0.05, 0.1) is 18.9 Å². The molecule has 122 valence electrons. The molecule has 2 aromatic rings. The third-order valence-corrected chi connectivity index (χ3v) is 3.46. The predicted octanol–water partition coefficient (Wildman–Crippen LogP) is -0.848. The second-order valence-electron chi connectivity index (χ2n) is 4.78. The molecule has 0 aliphatic heterocycles. The highest BCUT2D eigenvalue weighted by molar-refractivity contribution is 7.89. The van der Waals surface area contributed by atoms with Gasteiger partial charge in [0, 0.05) is 16.4 Å². The second-order valence-corrected chi connectivity index (χ2v) is 6.43. The Morgan fingerprint density at radius 1 is 1.39 bits per heavy atom. The summed E-state index contributed by atoms with van der Waals surface area (Å²) in [5.41, 5.74) is 0.595. The number of nitrogens with zero attached hydrogens (tertiary/aromatic N) is 3. The fourth-order valence-corrected chi connectivity index (χ4v) is 2.37. The molecule has 0 unspecified atom stereocenters. The van der Waals surface area contributed by atoms with E-state index in [-0.39, 0.29) is 18.5 Å². The van der Waals surface area contributed by atoms with Crippen molar-refractivity contribution >= 4 is 32.8 Å². The van der Waals surface area contributed by atoms with Gasteiger partial charge in [-0.3, -0.25) is 4.79 Å². The van der Waals surface area contributed by atoms with Crippen LogP contribution in [0, 0.1) is 0 Å². The van der Waals surface area contributed by atoms with Crippen LogP contribution in [0.4, 0.5) is 0 Å². The fourth-order valence-electron chi connectivity index (χ4n) is 1.97. The van der Waals surface area contributed by atoms with Crippen LogP contribution >= 0.6 is 0 Å². The molecule has 0 fully saturated rings. The minimum atomic E-state index is -3.81. The van der Waals surface area contributed by atoms with Gasteiger partial charge in [-0.25, -0.2) is 8.42 Å². The summed E-state index contributed by atoms with van der Waals surface area (Å²) in [4.78, 5) is 11.2. The summed E-state index contributed by atoms with van der Waals surface area (Å²) in [6, 6.07) is 6.78. The number of aromatic nitrogens is 2. The van der Waals surface area contributed by atoms with Crippen LogP contribution in [0.2, 0.25) is 0 Å². The van der Waals surface area contributed by atoms with Crippen molar-refractivity contribution in [3.63, 3.8) is 0 Å². The fraction of sp³-hybridized carbons (Fsp3) is 0.286. The number of ether oxygens (including phenoxy) is 1. The lowest BCUT2D eigenvalue weighted by atomic mass is 10.1. The third-order valence-electron chi connectivity index (χ3n) is 2.96. The molecule has 8 nitrogen and oxygen atoms in total. The van der Waals surface area contributed by atoms with Crippen LogP contribution in [-0.4, -0.2) is 38.7 Å². The molecular formula is C14H15N3O5S. The zero-order valence-electron chi connectivity index (χ0n) is 12.6. The zero-order valence-corrected chi connectivity index (χ0v) is 13.4. The Kier molecular flexibility index (Phi) is 4.89. The summed E-state index contributed by atoms with van der Waals surface area (Å²) in [6.45, 7) is 0.191. The van der Waals surface area contributed by atoms with Crippen LogP contribution < -0.4 is 9.79 Å². The molecule has 2 rings (SSSR count). The summed E-state index contributed by atoms with van der Waals surface area (Å²) in [5.74, 6) is -1.29. The topological polar surface area (TPSA) is 113 Å². The Morgan fingerprint density at radius 2 is 2.09 bits per heavy atom. The monoisotopic (exact) mass is 337 g/mol. The Hall–Kier alpha value is -2.55. The molecule has 0 atom stereocenters. The van der Waals surface area contributed by atoms with Gasteiger partial charge in [0.2, 0.25) is 16.2 Å². The highest BCUT2D eigenvalue weighted by Crippen LogP contribution is 2.14. The number of carbonyl (C=O) groups is 1. The van der Waals surface area contributed by atoms with E-state index in [0.717, 1.165) is 6.26 Å². The molecule has 1 aromatic carbocycles. The maximum Gasteiger partial charge on any atom is 0.312 e. The van der Waals surface area contributed by atoms with Gasteiger partial charge in [-0.2, -0.15) is 4.40 Å². The number of methoxy groups -OCH3 is 1. The molecule has 0 N–H and O–H groups in total. The normalized spacial score (nSPS) is 12.3. The predicted molar refractivity (Wildman–Crippen MR) is 80.0 cm³/mol. The Morgan fingerprint density at radius 3 is 2.74 bits per heavy atom. The lowest BCUT2D eigenvalue weighted by Gasteiger charge is -2.10. The number of rotatable bonds is 5. The third kappa shape index (κ3) is 4.46. The Balaban J connectivity index is 2.53. The van der Waals surface area contributed by atoms with E-state index in [1.54, 1.807) is 24.3 Å². The lowest BCUT2D eigenvalue weighted by Crippen LogP contribution is -2.40. The standard InChI is InChI=1S/C14H15N3O5S/c1-22-13(18)7-8-17-9-11(14(19)16-23(2,20)21)10-5-3-4-6-12(10)15-17/h3-6,9H,7-8H2,1-2H3. The van der Waals surface area contributed by atoms with Gasteiger partial charge in [0.15, 0.2) is 6.54 Å². The highest BCUT2D eigenvalue weighted by atomic mass is 32.2. The number of aryl methyl sites for hydroxylation is 1. The van der Waals surface area contributed by atoms with Gasteiger partial charge in [-0.05, 0) is 6.07 Å². The van der Waals surface area contributed by atoms with Crippen LogP contribution in [-0.2, 0) is 26.1 Å². The van der Waals surface area contributed by atoms with Crippen molar-refractivity contribution in [1.82, 2.24) is 5.10 Å². The number of sulfonamides is 1. The summed E-state index contributed by atoms with van der Waals surface area (Å²) in [5, 5.41) is 16.9. The molecule has 0 spiro atoms. The van der Waals surface area contributed by atoms with E-state index in [1.165, 1.54) is 18.0 Å². The average Bonchev–Trinajstić information content (AvgIpc) is 2.50. The van der Waals surface area contributed by atoms with Gasteiger partial charge in [0.1, 0.15) is 11.9 Å². The van der Waals surface area contributed by atoms with Gasteiger partial charge in [-0.1, -0.05) is 22.9 Å². The van der Waals surface area contributed by atoms with Crippen molar-refractivity contribution in [1.29, 1.82) is 0 Å². The molecule has 0 saturated heterocycles. The first-order valence-corrected chi connectivity index (χ1v) is 8.48. The van der Waals surface area contributed by atoms with Crippen molar-refractivity contribution in [3.8, 4) is 0 Å². The summed E-state index contributed by atoms with van der Waals surface area (Å²) in [6.07, 6.45) is 2.30. The number of esters is 1. The number of hydrogen-bond acceptors (Lipinski definition) is 6. The van der Waals surface area contributed by atoms with E-state index in [4.69, 9.17) is 0 Å². The van der Waals surface area contributed by atoms with Crippen molar-refractivity contribution in [3.05, 3.63) is 36.0 Å². The largest absolute Gasteiger partial charge is 0.857 e. The minimum Gasteiger partial charge on any atom is -0.857 e. The number of fused-ring (bicyclic) bond motifs is 1. The molecule has 0 aliphatic carbocycles. The van der Waals surface area contributed by atoms with E-state index < -0.39 is 21.9 Å². The lowest BCUT2D eigenvalue weighted by molar-refractivity contribution is -0.750. The molecule has 0 saturated carbocycles. The first-order chi connectivity index (χ1) is 10.8. The van der Waals surface area contributed by atoms with Gasteiger partial charge in [-0.15, -0.1) is 0 Å². The Labute approximate surface area is 133 Å². The highest BCUT2D eigenvalue weighted by Gasteiger charge is 2.14. The maximum absolute atomic E-state index is 12.1. The molecular weight excluding hydrogens is 322 g/mol. The molecule has 1 aromatic heterocycles. The molecule has 0 amide bonds. The number of benzene rings is 1. The second kappa shape index (κ2) is 6.69. The van der Waals surface area contributed by atoms with Gasteiger partial charge in [0.25, 0.3) is 0 Å². The van der Waals surface area contributed by atoms with Gasteiger partial charge >= 0.3 is 5.97 Å². The molecule has 23 heavy (non-hydrogen) atoms. The molecule has 0 aliphatic rings. The van der Waals surface area contributed by atoms with Crippen LogP contribution in [0.5, 0.6) is 0 Å². The van der Waals surface area contributed by atoms with Gasteiger partial charge < -0.3 is 9.84 Å². The molecule has 1 heterocycles. The van der Waals surface area contributed by atoms with Crippen molar-refractivity contribution in [2.24, 2.45) is 4.40 Å². The summed E-state index contributed by atoms with van der Waals surface area (Å²) >= 11 is 0. The molecule has 9 heteroatoms. The molecule has 0 radical (unpaired) electrons. The molecule has 0 bridgehead atoms. The van der Waals surface area contributed by atoms with E-state index >= 15 is 0 Å². The number of carbonyl (C=O) groups excluding carboxylic acids is 1. The van der Waals surface area contributed by atoms with E-state index in [1.807, 2.05) is 0 Å². The van der Waals surface area contributed by atoms with Crippen LogP contribution in [0.1, 0.15) is 12.0 Å². The SMILES string of the molecule is COC(=O)CC[n+]1cc(C([O-])=NS(C)(=O)=O)c2ccccc2n1. The first kappa shape index (κ1) is 16.8. The Bertz CT molecular complexity index is 877. The quantitative estimate of drug-likeness (QED) is 0.304.